The second kappa shape index (κ2) is 7.03. The van der Waals surface area contributed by atoms with Crippen molar-refractivity contribution >= 4 is 32.6 Å². The van der Waals surface area contributed by atoms with Crippen molar-refractivity contribution in [1.29, 1.82) is 0 Å². The van der Waals surface area contributed by atoms with Crippen molar-refractivity contribution < 1.29 is 42.8 Å². The van der Waals surface area contributed by atoms with Crippen molar-refractivity contribution in [3.63, 3.8) is 0 Å². The van der Waals surface area contributed by atoms with Crippen LogP contribution < -0.4 is 0 Å². The van der Waals surface area contributed by atoms with E-state index in [1.165, 1.54) is 0 Å². The third-order valence-electron chi connectivity index (χ3n) is 7.79. The summed E-state index contributed by atoms with van der Waals surface area (Å²) in [5.41, 5.74) is -0.477. The number of ether oxygens (including phenoxy) is 2. The number of carbonyl (C=O) groups excluding carboxylic acids is 2. The SMILES string of the molecule is O=C1OI(OC(=O)C23CC4CC(C2)C2(OCC(F)(F)C(F)(F)CO2)C(C4)C3)c2ccccc21. The fourth-order valence-electron chi connectivity index (χ4n) is 6.42. The Balaban J connectivity index is 1.25. The van der Waals surface area contributed by atoms with E-state index < -0.39 is 80.7 Å². The van der Waals surface area contributed by atoms with E-state index in [-0.39, 0.29) is 18.8 Å². The number of rotatable bonds is 2. The molecule has 0 radical (unpaired) electrons. The van der Waals surface area contributed by atoms with Crippen LogP contribution in [-0.4, -0.2) is 42.8 Å². The number of fused-ring (bicyclic) bond motifs is 1. The van der Waals surface area contributed by atoms with Gasteiger partial charge in [-0.2, -0.15) is 0 Å². The molecule has 2 aliphatic heterocycles. The molecular formula is C22H21F4IO6. The van der Waals surface area contributed by atoms with Gasteiger partial charge in [0.05, 0.1) is 0 Å². The topological polar surface area (TPSA) is 71.1 Å². The minimum absolute atomic E-state index is 0.124. The molecule has 7 rings (SSSR count). The summed E-state index contributed by atoms with van der Waals surface area (Å²) in [4.78, 5) is 25.5. The molecule has 2 atom stereocenters. The normalized spacial score (nSPS) is 38.0. The van der Waals surface area contributed by atoms with Crippen molar-refractivity contribution in [2.24, 2.45) is 23.2 Å². The summed E-state index contributed by atoms with van der Waals surface area (Å²) >= 11 is -2.98. The quantitative estimate of drug-likeness (QED) is 0.370. The maximum atomic E-state index is 14.0. The van der Waals surface area contributed by atoms with Crippen molar-refractivity contribution in [1.82, 2.24) is 0 Å². The molecule has 1 saturated heterocycles. The maximum absolute atomic E-state index is 14.0. The van der Waals surface area contributed by atoms with E-state index in [0.717, 1.165) is 0 Å². The monoisotopic (exact) mass is 584 g/mol. The average molecular weight is 584 g/mol. The first-order valence-electron chi connectivity index (χ1n) is 10.8. The molecule has 4 saturated carbocycles. The van der Waals surface area contributed by atoms with E-state index >= 15 is 0 Å². The Kier molecular flexibility index (Phi) is 4.69. The van der Waals surface area contributed by atoms with Gasteiger partial charge in [-0.05, 0) is 0 Å². The van der Waals surface area contributed by atoms with Crippen molar-refractivity contribution in [3.05, 3.63) is 33.4 Å². The van der Waals surface area contributed by atoms with Crippen LogP contribution in [0.5, 0.6) is 0 Å². The molecule has 1 spiro atoms. The average Bonchev–Trinajstić information content (AvgIpc) is 3.03. The van der Waals surface area contributed by atoms with E-state index in [0.29, 0.717) is 28.4 Å². The van der Waals surface area contributed by atoms with Crippen LogP contribution in [0.4, 0.5) is 17.6 Å². The van der Waals surface area contributed by atoms with E-state index in [1.54, 1.807) is 24.3 Å². The van der Waals surface area contributed by atoms with Crippen LogP contribution >= 0.6 is 20.6 Å². The summed E-state index contributed by atoms with van der Waals surface area (Å²) in [6.45, 7) is -2.84. The first-order chi connectivity index (χ1) is 15.6. The fraction of sp³-hybridized carbons (Fsp3) is 0.636. The number of hydrogen-bond donors (Lipinski definition) is 0. The molecule has 4 aliphatic carbocycles. The van der Waals surface area contributed by atoms with Gasteiger partial charge in [0, 0.05) is 0 Å². The zero-order valence-electron chi connectivity index (χ0n) is 17.3. The zero-order chi connectivity index (χ0) is 23.2. The number of halogens is 5. The fourth-order valence-corrected chi connectivity index (χ4v) is 9.79. The van der Waals surface area contributed by atoms with Crippen LogP contribution in [0.25, 0.3) is 0 Å². The molecule has 0 aromatic heterocycles. The molecule has 4 bridgehead atoms. The van der Waals surface area contributed by atoms with Crippen LogP contribution in [0.3, 0.4) is 0 Å². The summed E-state index contributed by atoms with van der Waals surface area (Å²) in [6, 6.07) is 6.81. The molecule has 0 amide bonds. The van der Waals surface area contributed by atoms with E-state index in [1.807, 2.05) is 0 Å². The van der Waals surface area contributed by atoms with Gasteiger partial charge in [0.2, 0.25) is 0 Å². The summed E-state index contributed by atoms with van der Waals surface area (Å²) in [6.07, 6.45) is 2.18. The Morgan fingerprint density at radius 2 is 1.58 bits per heavy atom. The molecule has 6 nitrogen and oxygen atoms in total. The number of benzene rings is 1. The Morgan fingerprint density at radius 1 is 0.970 bits per heavy atom. The van der Waals surface area contributed by atoms with Gasteiger partial charge in [-0.1, -0.05) is 0 Å². The van der Waals surface area contributed by atoms with Gasteiger partial charge in [-0.3, -0.25) is 0 Å². The van der Waals surface area contributed by atoms with E-state index in [2.05, 4.69) is 0 Å². The van der Waals surface area contributed by atoms with Crippen molar-refractivity contribution in [2.45, 2.75) is 49.7 Å². The van der Waals surface area contributed by atoms with Gasteiger partial charge in [-0.25, -0.2) is 0 Å². The molecule has 33 heavy (non-hydrogen) atoms. The zero-order valence-corrected chi connectivity index (χ0v) is 19.5. The molecule has 5 fully saturated rings. The third kappa shape index (κ3) is 3.10. The Hall–Kier alpha value is -1.47. The van der Waals surface area contributed by atoms with Crippen molar-refractivity contribution in [3.8, 4) is 0 Å². The van der Waals surface area contributed by atoms with E-state index in [4.69, 9.17) is 15.6 Å². The molecule has 11 heteroatoms. The van der Waals surface area contributed by atoms with Gasteiger partial charge in [0.1, 0.15) is 0 Å². The van der Waals surface area contributed by atoms with Crippen molar-refractivity contribution in [2.75, 3.05) is 13.2 Å². The van der Waals surface area contributed by atoms with Gasteiger partial charge >= 0.3 is 195 Å². The van der Waals surface area contributed by atoms with Gasteiger partial charge in [0.15, 0.2) is 0 Å². The molecular weight excluding hydrogens is 563 g/mol. The molecule has 2 unspecified atom stereocenters. The first-order valence-corrected chi connectivity index (χ1v) is 13.7. The third-order valence-corrected chi connectivity index (χ3v) is 11.3. The van der Waals surface area contributed by atoms with Crippen LogP contribution in [0.2, 0.25) is 0 Å². The first kappa shape index (κ1) is 22.0. The molecule has 0 N–H and O–H groups in total. The molecule has 1 aromatic carbocycles. The predicted molar refractivity (Wildman–Crippen MR) is 111 cm³/mol. The molecule has 6 aliphatic rings. The van der Waals surface area contributed by atoms with E-state index in [9.17, 15) is 27.2 Å². The molecule has 1 aromatic rings. The van der Waals surface area contributed by atoms with Gasteiger partial charge in [-0.15, -0.1) is 0 Å². The second-order valence-corrected chi connectivity index (χ2v) is 13.0. The summed E-state index contributed by atoms with van der Waals surface area (Å²) in [7, 11) is 0. The van der Waals surface area contributed by atoms with Crippen LogP contribution in [-0.2, 0) is 20.4 Å². The second-order valence-electron chi connectivity index (χ2n) is 9.76. The van der Waals surface area contributed by atoms with Crippen LogP contribution in [0.15, 0.2) is 24.3 Å². The van der Waals surface area contributed by atoms with Crippen LogP contribution in [0.1, 0.15) is 42.5 Å². The minimum atomic E-state index is -4.33. The Labute approximate surface area is 194 Å². The molecule has 2 heterocycles. The number of carbonyl (C=O) groups is 2. The Morgan fingerprint density at radius 3 is 2.21 bits per heavy atom. The summed E-state index contributed by atoms with van der Waals surface area (Å²) in [5, 5.41) is 0. The van der Waals surface area contributed by atoms with Gasteiger partial charge < -0.3 is 0 Å². The predicted octanol–water partition coefficient (Wildman–Crippen LogP) is 4.75. The van der Waals surface area contributed by atoms with Gasteiger partial charge in [0.25, 0.3) is 0 Å². The molecule has 180 valence electrons. The van der Waals surface area contributed by atoms with Crippen LogP contribution in [0, 0.1) is 26.7 Å². The summed E-state index contributed by atoms with van der Waals surface area (Å²) < 4.78 is 78.6. The number of hydrogen-bond acceptors (Lipinski definition) is 6. The number of alkyl halides is 4. The Bertz CT molecular complexity index is 996. The standard InChI is InChI=1S/C22H21F4IO6/c23-20(24)10-30-22(31-11-21(20,25)26)13-5-12-6-14(22)9-19(7-12,8-13)18(29)33-27-16-4-2-1-3-15(16)17(28)32-27/h1-4,12-14H,5-11H2. The summed E-state index contributed by atoms with van der Waals surface area (Å²) in [5.74, 6) is -12.0.